The van der Waals surface area contributed by atoms with Crippen LogP contribution in [0.25, 0.3) is 0 Å². The highest BCUT2D eigenvalue weighted by molar-refractivity contribution is 5.96. The molecule has 0 unspecified atom stereocenters. The van der Waals surface area contributed by atoms with E-state index in [-0.39, 0.29) is 5.91 Å². The molecule has 4 heteroatoms. The molecule has 0 aliphatic heterocycles. The molecule has 0 aromatic heterocycles. The molecular formula is C10H15N3O. The lowest BCUT2D eigenvalue weighted by Gasteiger charge is -2.07. The summed E-state index contributed by atoms with van der Waals surface area (Å²) in [5.74, 6) is -0.0955. The fourth-order valence-electron chi connectivity index (χ4n) is 1.19. The van der Waals surface area contributed by atoms with Crippen LogP contribution < -0.4 is 16.4 Å². The van der Waals surface area contributed by atoms with Crippen LogP contribution in [0.3, 0.4) is 0 Å². The quantitative estimate of drug-likeness (QED) is 0.629. The second-order valence-electron chi connectivity index (χ2n) is 2.91. The minimum absolute atomic E-state index is 0.0955. The number of nitrogens with two attached hydrogens (primary N) is 1. The standard InChI is InChI=1S/C10H15N3O/c1-3-13-10(14)7-4-5-9(12-2)8(11)6-7/h4-6,12H,3,11H2,1-2H3,(H,13,14). The number of anilines is 2. The zero-order chi connectivity index (χ0) is 10.6. The van der Waals surface area contributed by atoms with E-state index in [0.717, 1.165) is 5.69 Å². The number of nitrogen functional groups attached to an aromatic ring is 1. The first-order valence-electron chi connectivity index (χ1n) is 4.54. The number of carbonyl (C=O) groups is 1. The number of nitrogens with one attached hydrogen (secondary N) is 2. The first kappa shape index (κ1) is 10.4. The van der Waals surface area contributed by atoms with Gasteiger partial charge in [-0.05, 0) is 25.1 Å². The van der Waals surface area contributed by atoms with E-state index in [0.29, 0.717) is 17.8 Å². The van der Waals surface area contributed by atoms with Crippen LogP contribution in [0.1, 0.15) is 17.3 Å². The van der Waals surface area contributed by atoms with Gasteiger partial charge in [-0.15, -0.1) is 0 Å². The maximum atomic E-state index is 11.4. The van der Waals surface area contributed by atoms with Gasteiger partial charge in [0, 0.05) is 19.2 Å². The lowest BCUT2D eigenvalue weighted by atomic mass is 10.1. The zero-order valence-corrected chi connectivity index (χ0v) is 8.42. The number of hydrogen-bond acceptors (Lipinski definition) is 3. The third kappa shape index (κ3) is 2.16. The molecule has 0 bridgehead atoms. The number of rotatable bonds is 3. The van der Waals surface area contributed by atoms with Gasteiger partial charge in [-0.25, -0.2) is 0 Å². The summed E-state index contributed by atoms with van der Waals surface area (Å²) in [4.78, 5) is 11.4. The van der Waals surface area contributed by atoms with Crippen LogP contribution in [0.5, 0.6) is 0 Å². The van der Waals surface area contributed by atoms with E-state index in [9.17, 15) is 4.79 Å². The highest BCUT2D eigenvalue weighted by Crippen LogP contribution is 2.18. The molecule has 0 radical (unpaired) electrons. The first-order valence-corrected chi connectivity index (χ1v) is 4.54. The minimum atomic E-state index is -0.0955. The van der Waals surface area contributed by atoms with E-state index in [4.69, 9.17) is 5.73 Å². The van der Waals surface area contributed by atoms with E-state index in [2.05, 4.69) is 10.6 Å². The van der Waals surface area contributed by atoms with Crippen molar-refractivity contribution in [2.24, 2.45) is 0 Å². The lowest BCUT2D eigenvalue weighted by molar-refractivity contribution is 0.0956. The van der Waals surface area contributed by atoms with Crippen LogP contribution in [0.15, 0.2) is 18.2 Å². The van der Waals surface area contributed by atoms with Gasteiger partial charge < -0.3 is 16.4 Å². The molecule has 0 atom stereocenters. The highest BCUT2D eigenvalue weighted by Gasteiger charge is 2.05. The van der Waals surface area contributed by atoms with Crippen molar-refractivity contribution in [2.45, 2.75) is 6.92 Å². The largest absolute Gasteiger partial charge is 0.397 e. The minimum Gasteiger partial charge on any atom is -0.397 e. The molecule has 1 rings (SSSR count). The average molecular weight is 193 g/mol. The van der Waals surface area contributed by atoms with E-state index in [1.807, 2.05) is 6.92 Å². The van der Waals surface area contributed by atoms with Crippen molar-refractivity contribution in [1.82, 2.24) is 5.32 Å². The molecule has 4 nitrogen and oxygen atoms in total. The molecule has 1 aromatic carbocycles. The molecule has 14 heavy (non-hydrogen) atoms. The summed E-state index contributed by atoms with van der Waals surface area (Å²) in [5.41, 5.74) is 7.72. The lowest BCUT2D eigenvalue weighted by Crippen LogP contribution is -2.22. The number of carbonyl (C=O) groups excluding carboxylic acids is 1. The van der Waals surface area contributed by atoms with E-state index in [1.54, 1.807) is 25.2 Å². The Kier molecular flexibility index (Phi) is 3.34. The Hall–Kier alpha value is -1.71. The van der Waals surface area contributed by atoms with Crippen molar-refractivity contribution in [3.63, 3.8) is 0 Å². The predicted octanol–water partition coefficient (Wildman–Crippen LogP) is 1.06. The van der Waals surface area contributed by atoms with Gasteiger partial charge in [-0.3, -0.25) is 4.79 Å². The third-order valence-corrected chi connectivity index (χ3v) is 1.92. The average Bonchev–Trinajstić information content (AvgIpc) is 2.18. The third-order valence-electron chi connectivity index (χ3n) is 1.92. The predicted molar refractivity (Wildman–Crippen MR) is 58.4 cm³/mol. The van der Waals surface area contributed by atoms with E-state index >= 15 is 0 Å². The monoisotopic (exact) mass is 193 g/mol. The normalized spacial score (nSPS) is 9.57. The molecule has 1 amide bonds. The molecule has 0 aliphatic rings. The summed E-state index contributed by atoms with van der Waals surface area (Å²) in [6.07, 6.45) is 0. The smallest absolute Gasteiger partial charge is 0.251 e. The summed E-state index contributed by atoms with van der Waals surface area (Å²) < 4.78 is 0. The number of hydrogen-bond donors (Lipinski definition) is 3. The number of benzene rings is 1. The van der Waals surface area contributed by atoms with Gasteiger partial charge in [0.15, 0.2) is 0 Å². The van der Waals surface area contributed by atoms with Gasteiger partial charge in [0.2, 0.25) is 0 Å². The summed E-state index contributed by atoms with van der Waals surface area (Å²) >= 11 is 0. The Labute approximate surface area is 83.5 Å². The molecule has 76 valence electrons. The Morgan fingerprint density at radius 1 is 1.50 bits per heavy atom. The molecule has 0 heterocycles. The van der Waals surface area contributed by atoms with Gasteiger partial charge in [-0.1, -0.05) is 0 Å². The van der Waals surface area contributed by atoms with Crippen LogP contribution in [0.4, 0.5) is 11.4 Å². The molecule has 4 N–H and O–H groups in total. The van der Waals surface area contributed by atoms with Crippen molar-refractivity contribution in [2.75, 3.05) is 24.6 Å². The summed E-state index contributed by atoms with van der Waals surface area (Å²) in [6.45, 7) is 2.50. The van der Waals surface area contributed by atoms with Crippen molar-refractivity contribution in [3.05, 3.63) is 23.8 Å². The SMILES string of the molecule is CCNC(=O)c1ccc(NC)c(N)c1. The van der Waals surface area contributed by atoms with Gasteiger partial charge in [0.25, 0.3) is 5.91 Å². The molecule has 0 aliphatic carbocycles. The Morgan fingerprint density at radius 3 is 2.71 bits per heavy atom. The van der Waals surface area contributed by atoms with Crippen molar-refractivity contribution in [3.8, 4) is 0 Å². The molecule has 0 fully saturated rings. The van der Waals surface area contributed by atoms with Crippen LogP contribution in [0, 0.1) is 0 Å². The van der Waals surface area contributed by atoms with Crippen LogP contribution in [-0.2, 0) is 0 Å². The molecule has 1 aromatic rings. The van der Waals surface area contributed by atoms with Gasteiger partial charge in [0.05, 0.1) is 11.4 Å². The summed E-state index contributed by atoms with van der Waals surface area (Å²) in [7, 11) is 1.79. The second kappa shape index (κ2) is 4.50. The first-order chi connectivity index (χ1) is 6.69. The number of amides is 1. The maximum Gasteiger partial charge on any atom is 0.251 e. The molecule has 0 saturated heterocycles. The highest BCUT2D eigenvalue weighted by atomic mass is 16.1. The van der Waals surface area contributed by atoms with Gasteiger partial charge in [-0.2, -0.15) is 0 Å². The second-order valence-corrected chi connectivity index (χ2v) is 2.91. The van der Waals surface area contributed by atoms with Crippen LogP contribution in [0.2, 0.25) is 0 Å². The molecule has 0 saturated carbocycles. The Bertz CT molecular complexity index is 336. The van der Waals surface area contributed by atoms with Crippen molar-refractivity contribution >= 4 is 17.3 Å². The fraction of sp³-hybridized carbons (Fsp3) is 0.300. The topological polar surface area (TPSA) is 67.2 Å². The molecule has 0 spiro atoms. The zero-order valence-electron chi connectivity index (χ0n) is 8.42. The summed E-state index contributed by atoms with van der Waals surface area (Å²) in [6, 6.07) is 5.20. The molecular weight excluding hydrogens is 178 g/mol. The fourth-order valence-corrected chi connectivity index (χ4v) is 1.19. The van der Waals surface area contributed by atoms with Gasteiger partial charge >= 0.3 is 0 Å². The maximum absolute atomic E-state index is 11.4. The van der Waals surface area contributed by atoms with Crippen molar-refractivity contribution < 1.29 is 4.79 Å². The van der Waals surface area contributed by atoms with Crippen LogP contribution in [-0.4, -0.2) is 19.5 Å². The van der Waals surface area contributed by atoms with E-state index < -0.39 is 0 Å². The van der Waals surface area contributed by atoms with E-state index in [1.165, 1.54) is 0 Å². The summed E-state index contributed by atoms with van der Waals surface area (Å²) in [5, 5.41) is 5.65. The Morgan fingerprint density at radius 2 is 2.21 bits per heavy atom. The van der Waals surface area contributed by atoms with Crippen molar-refractivity contribution in [1.29, 1.82) is 0 Å². The van der Waals surface area contributed by atoms with Crippen LogP contribution >= 0.6 is 0 Å². The Balaban J connectivity index is 2.91. The van der Waals surface area contributed by atoms with Gasteiger partial charge in [0.1, 0.15) is 0 Å².